The summed E-state index contributed by atoms with van der Waals surface area (Å²) < 4.78 is 27.0. The van der Waals surface area contributed by atoms with Gasteiger partial charge in [-0.05, 0) is 37.1 Å². The molecule has 2 rings (SSSR count). The standard InChI is InChI=1S/C16H23N3O4S/c1-13(20)18-14-6-8-15(9-7-14)24(22,23)17-10-12-19-11-4-2-3-5-16(19)21/h6-9,17H,2-5,10-12H2,1H3,(H,18,20). The number of rotatable bonds is 6. The summed E-state index contributed by atoms with van der Waals surface area (Å²) in [4.78, 5) is 24.7. The first-order valence-corrected chi connectivity index (χ1v) is 9.52. The van der Waals surface area contributed by atoms with Crippen molar-refractivity contribution < 1.29 is 18.0 Å². The third-order valence-corrected chi connectivity index (χ3v) is 5.31. The minimum atomic E-state index is -3.63. The number of carbonyl (C=O) groups is 2. The lowest BCUT2D eigenvalue weighted by Crippen LogP contribution is -2.38. The number of nitrogens with one attached hydrogen (secondary N) is 2. The molecule has 1 aliphatic rings. The summed E-state index contributed by atoms with van der Waals surface area (Å²) in [5, 5.41) is 2.58. The van der Waals surface area contributed by atoms with E-state index in [2.05, 4.69) is 10.0 Å². The van der Waals surface area contributed by atoms with Crippen LogP contribution in [0.1, 0.15) is 32.6 Å². The quantitative estimate of drug-likeness (QED) is 0.806. The van der Waals surface area contributed by atoms with Gasteiger partial charge >= 0.3 is 0 Å². The van der Waals surface area contributed by atoms with E-state index in [1.54, 1.807) is 4.90 Å². The van der Waals surface area contributed by atoms with Gasteiger partial charge in [0.15, 0.2) is 0 Å². The first-order valence-electron chi connectivity index (χ1n) is 8.03. The number of carbonyl (C=O) groups excluding carboxylic acids is 2. The Morgan fingerprint density at radius 1 is 1.17 bits per heavy atom. The van der Waals surface area contributed by atoms with Gasteiger partial charge in [-0.15, -0.1) is 0 Å². The van der Waals surface area contributed by atoms with Crippen LogP contribution in [-0.2, 0) is 19.6 Å². The largest absolute Gasteiger partial charge is 0.341 e. The van der Waals surface area contributed by atoms with Crippen LogP contribution in [0, 0.1) is 0 Å². The Morgan fingerprint density at radius 3 is 2.54 bits per heavy atom. The van der Waals surface area contributed by atoms with Gasteiger partial charge in [-0.1, -0.05) is 6.42 Å². The molecule has 8 heteroatoms. The molecule has 0 spiro atoms. The Balaban J connectivity index is 1.90. The second-order valence-corrected chi connectivity index (χ2v) is 7.56. The molecule has 2 N–H and O–H groups in total. The summed E-state index contributed by atoms with van der Waals surface area (Å²) in [6.45, 7) is 2.63. The van der Waals surface area contributed by atoms with E-state index in [0.717, 1.165) is 19.3 Å². The van der Waals surface area contributed by atoms with E-state index in [-0.39, 0.29) is 23.3 Å². The number of benzene rings is 1. The molecule has 0 radical (unpaired) electrons. The fourth-order valence-electron chi connectivity index (χ4n) is 2.59. The van der Waals surface area contributed by atoms with Crippen molar-refractivity contribution in [3.63, 3.8) is 0 Å². The maximum Gasteiger partial charge on any atom is 0.240 e. The van der Waals surface area contributed by atoms with Gasteiger partial charge in [0.25, 0.3) is 0 Å². The van der Waals surface area contributed by atoms with Crippen LogP contribution in [-0.4, -0.2) is 44.8 Å². The molecular formula is C16H23N3O4S. The summed E-state index contributed by atoms with van der Waals surface area (Å²) in [5.74, 6) is -0.128. The van der Waals surface area contributed by atoms with Gasteiger partial charge in [0, 0.05) is 38.7 Å². The Morgan fingerprint density at radius 2 is 1.88 bits per heavy atom. The molecule has 1 fully saturated rings. The molecule has 0 atom stereocenters. The van der Waals surface area contributed by atoms with E-state index in [9.17, 15) is 18.0 Å². The maximum absolute atomic E-state index is 12.3. The fourth-order valence-corrected chi connectivity index (χ4v) is 3.62. The van der Waals surface area contributed by atoms with E-state index in [0.29, 0.717) is 25.2 Å². The second kappa shape index (κ2) is 8.25. The second-order valence-electron chi connectivity index (χ2n) is 5.79. The van der Waals surface area contributed by atoms with E-state index in [1.807, 2.05) is 0 Å². The van der Waals surface area contributed by atoms with Crippen LogP contribution in [0.25, 0.3) is 0 Å². The first kappa shape index (κ1) is 18.4. The fraction of sp³-hybridized carbons (Fsp3) is 0.500. The van der Waals surface area contributed by atoms with Crippen LogP contribution >= 0.6 is 0 Å². The molecule has 2 amide bonds. The maximum atomic E-state index is 12.3. The Kier molecular flexibility index (Phi) is 6.33. The van der Waals surface area contributed by atoms with Crippen LogP contribution in [0.15, 0.2) is 29.2 Å². The normalized spacial score (nSPS) is 15.9. The molecule has 1 aromatic carbocycles. The monoisotopic (exact) mass is 353 g/mol. The van der Waals surface area contributed by atoms with Crippen molar-refractivity contribution in [1.82, 2.24) is 9.62 Å². The van der Waals surface area contributed by atoms with Crippen molar-refractivity contribution in [2.45, 2.75) is 37.5 Å². The molecule has 0 aliphatic carbocycles. The number of sulfonamides is 1. The lowest BCUT2D eigenvalue weighted by Gasteiger charge is -2.20. The van der Waals surface area contributed by atoms with Gasteiger partial charge in [-0.3, -0.25) is 9.59 Å². The van der Waals surface area contributed by atoms with Crippen LogP contribution in [0.3, 0.4) is 0 Å². The Labute approximate surface area is 142 Å². The van der Waals surface area contributed by atoms with Crippen molar-refractivity contribution >= 4 is 27.5 Å². The summed E-state index contributed by atoms with van der Waals surface area (Å²) >= 11 is 0. The third-order valence-electron chi connectivity index (χ3n) is 3.83. The van der Waals surface area contributed by atoms with Crippen molar-refractivity contribution in [2.75, 3.05) is 25.0 Å². The third kappa shape index (κ3) is 5.31. The predicted molar refractivity (Wildman–Crippen MR) is 91.0 cm³/mol. The van der Waals surface area contributed by atoms with Gasteiger partial charge in [-0.2, -0.15) is 0 Å². The van der Waals surface area contributed by atoms with E-state index >= 15 is 0 Å². The van der Waals surface area contributed by atoms with E-state index in [1.165, 1.54) is 31.2 Å². The van der Waals surface area contributed by atoms with Crippen molar-refractivity contribution in [3.05, 3.63) is 24.3 Å². The minimum absolute atomic E-state index is 0.0892. The Bertz CT molecular complexity index is 686. The summed E-state index contributed by atoms with van der Waals surface area (Å²) in [7, 11) is -3.63. The average Bonchev–Trinajstić information content (AvgIpc) is 2.72. The molecule has 1 aliphatic heterocycles. The van der Waals surface area contributed by atoms with Crippen molar-refractivity contribution in [3.8, 4) is 0 Å². The van der Waals surface area contributed by atoms with Crippen LogP contribution in [0.2, 0.25) is 0 Å². The molecule has 132 valence electrons. The smallest absolute Gasteiger partial charge is 0.240 e. The average molecular weight is 353 g/mol. The molecular weight excluding hydrogens is 330 g/mol. The SMILES string of the molecule is CC(=O)Nc1ccc(S(=O)(=O)NCCN2CCCCCC2=O)cc1. The number of hydrogen-bond donors (Lipinski definition) is 2. The molecule has 0 unspecified atom stereocenters. The zero-order valence-corrected chi connectivity index (χ0v) is 14.6. The highest BCUT2D eigenvalue weighted by Gasteiger charge is 2.18. The molecule has 24 heavy (non-hydrogen) atoms. The predicted octanol–water partition coefficient (Wildman–Crippen LogP) is 1.33. The number of anilines is 1. The number of hydrogen-bond acceptors (Lipinski definition) is 4. The highest BCUT2D eigenvalue weighted by molar-refractivity contribution is 7.89. The van der Waals surface area contributed by atoms with Crippen molar-refractivity contribution in [1.29, 1.82) is 0 Å². The molecule has 1 saturated heterocycles. The van der Waals surface area contributed by atoms with Gasteiger partial charge in [-0.25, -0.2) is 13.1 Å². The lowest BCUT2D eigenvalue weighted by atomic mass is 10.2. The van der Waals surface area contributed by atoms with Crippen LogP contribution < -0.4 is 10.0 Å². The van der Waals surface area contributed by atoms with Crippen molar-refractivity contribution in [2.24, 2.45) is 0 Å². The molecule has 7 nitrogen and oxygen atoms in total. The zero-order valence-electron chi connectivity index (χ0n) is 13.7. The Hall–Kier alpha value is -1.93. The van der Waals surface area contributed by atoms with Gasteiger partial charge in [0.1, 0.15) is 0 Å². The van der Waals surface area contributed by atoms with Gasteiger partial charge < -0.3 is 10.2 Å². The lowest BCUT2D eigenvalue weighted by molar-refractivity contribution is -0.130. The highest BCUT2D eigenvalue weighted by atomic mass is 32.2. The first-order chi connectivity index (χ1) is 11.4. The van der Waals surface area contributed by atoms with E-state index in [4.69, 9.17) is 0 Å². The van der Waals surface area contributed by atoms with Crippen LogP contribution in [0.5, 0.6) is 0 Å². The molecule has 1 aromatic rings. The molecule has 1 heterocycles. The molecule has 0 bridgehead atoms. The molecule has 0 aromatic heterocycles. The van der Waals surface area contributed by atoms with Gasteiger partial charge in [0.05, 0.1) is 4.90 Å². The summed E-state index contributed by atoms with van der Waals surface area (Å²) in [6, 6.07) is 5.94. The van der Waals surface area contributed by atoms with Crippen LogP contribution in [0.4, 0.5) is 5.69 Å². The molecule has 0 saturated carbocycles. The number of amides is 2. The summed E-state index contributed by atoms with van der Waals surface area (Å²) in [5.41, 5.74) is 0.539. The van der Waals surface area contributed by atoms with Gasteiger partial charge in [0.2, 0.25) is 21.8 Å². The number of likely N-dealkylation sites (tertiary alicyclic amines) is 1. The topological polar surface area (TPSA) is 95.6 Å². The van der Waals surface area contributed by atoms with E-state index < -0.39 is 10.0 Å². The minimum Gasteiger partial charge on any atom is -0.341 e. The number of nitrogens with zero attached hydrogens (tertiary/aromatic N) is 1. The summed E-state index contributed by atoms with van der Waals surface area (Å²) in [6.07, 6.45) is 3.44. The highest BCUT2D eigenvalue weighted by Crippen LogP contribution is 2.14. The zero-order chi connectivity index (χ0) is 17.6.